The van der Waals surface area contributed by atoms with Crippen LogP contribution in [0.15, 0.2) is 29.2 Å². The van der Waals surface area contributed by atoms with Crippen LogP contribution in [0.5, 0.6) is 0 Å². The molecule has 0 atom stereocenters. The molecule has 1 aromatic carbocycles. The van der Waals surface area contributed by atoms with Gasteiger partial charge in [0.2, 0.25) is 5.91 Å². The van der Waals surface area contributed by atoms with E-state index in [2.05, 4.69) is 5.43 Å². The van der Waals surface area contributed by atoms with Crippen LogP contribution >= 0.6 is 11.8 Å². The Kier molecular flexibility index (Phi) is 5.74. The van der Waals surface area contributed by atoms with Gasteiger partial charge in [-0.05, 0) is 36.8 Å². The summed E-state index contributed by atoms with van der Waals surface area (Å²) >= 11 is 1.75. The van der Waals surface area contributed by atoms with Gasteiger partial charge in [0.15, 0.2) is 0 Å². The number of nitrogens with two attached hydrogens (primary N) is 2. The molecule has 1 rings (SSSR count). The number of anilines is 1. The summed E-state index contributed by atoms with van der Waals surface area (Å²) in [4.78, 5) is 12.0. The Morgan fingerprint density at radius 3 is 2.88 bits per heavy atom. The highest BCUT2D eigenvalue weighted by Crippen LogP contribution is 2.21. The standard InChI is InChI=1S/C11H17N3OS/c12-9-4-3-5-10(8-9)16-7-2-1-6-11(15)14-13/h3-5,8H,1-2,6-7,12-13H2,(H,14,15). The number of benzene rings is 1. The number of unbranched alkanes of at least 4 members (excludes halogenated alkanes) is 1. The molecule has 88 valence electrons. The maximum atomic E-state index is 10.8. The highest BCUT2D eigenvalue weighted by atomic mass is 32.2. The number of carbonyl (C=O) groups is 1. The van der Waals surface area contributed by atoms with Crippen molar-refractivity contribution in [3.8, 4) is 0 Å². The zero-order valence-corrected chi connectivity index (χ0v) is 9.93. The second-order valence-corrected chi connectivity index (χ2v) is 4.61. The second-order valence-electron chi connectivity index (χ2n) is 3.45. The molecule has 1 aromatic rings. The van der Waals surface area contributed by atoms with Crippen molar-refractivity contribution in [3.05, 3.63) is 24.3 Å². The normalized spacial score (nSPS) is 10.1. The van der Waals surface area contributed by atoms with Gasteiger partial charge in [-0.2, -0.15) is 0 Å². The third kappa shape index (κ3) is 5.04. The van der Waals surface area contributed by atoms with Gasteiger partial charge in [0.05, 0.1) is 0 Å². The number of amides is 1. The van der Waals surface area contributed by atoms with E-state index in [1.165, 1.54) is 4.90 Å². The molecule has 0 aliphatic rings. The fourth-order valence-electron chi connectivity index (χ4n) is 1.25. The molecule has 5 heteroatoms. The molecule has 0 saturated heterocycles. The molecule has 0 aromatic heterocycles. The summed E-state index contributed by atoms with van der Waals surface area (Å²) < 4.78 is 0. The van der Waals surface area contributed by atoms with Crippen molar-refractivity contribution >= 4 is 23.4 Å². The second kappa shape index (κ2) is 7.14. The number of carbonyl (C=O) groups excluding carboxylic acids is 1. The van der Waals surface area contributed by atoms with Crippen LogP contribution < -0.4 is 17.0 Å². The fraction of sp³-hybridized carbons (Fsp3) is 0.364. The van der Waals surface area contributed by atoms with E-state index in [-0.39, 0.29) is 5.91 Å². The largest absolute Gasteiger partial charge is 0.399 e. The van der Waals surface area contributed by atoms with Gasteiger partial charge in [0, 0.05) is 17.0 Å². The third-order valence-corrected chi connectivity index (χ3v) is 3.17. The zero-order chi connectivity index (χ0) is 11.8. The van der Waals surface area contributed by atoms with Crippen LogP contribution in [-0.4, -0.2) is 11.7 Å². The molecular formula is C11H17N3OS. The molecule has 4 nitrogen and oxygen atoms in total. The number of hydrogen-bond donors (Lipinski definition) is 3. The van der Waals surface area contributed by atoms with Crippen molar-refractivity contribution in [2.45, 2.75) is 24.2 Å². The minimum atomic E-state index is -0.103. The Morgan fingerprint density at radius 1 is 1.38 bits per heavy atom. The summed E-state index contributed by atoms with van der Waals surface area (Å²) in [6.45, 7) is 0. The van der Waals surface area contributed by atoms with Crippen LogP contribution in [0, 0.1) is 0 Å². The average molecular weight is 239 g/mol. The molecule has 0 spiro atoms. The topological polar surface area (TPSA) is 81.1 Å². The molecule has 0 bridgehead atoms. The molecule has 0 radical (unpaired) electrons. The van der Waals surface area contributed by atoms with E-state index in [0.717, 1.165) is 24.3 Å². The minimum absolute atomic E-state index is 0.103. The van der Waals surface area contributed by atoms with Crippen molar-refractivity contribution < 1.29 is 4.79 Å². The number of hydrazine groups is 1. The van der Waals surface area contributed by atoms with Crippen LogP contribution in [-0.2, 0) is 4.79 Å². The van der Waals surface area contributed by atoms with Gasteiger partial charge < -0.3 is 5.73 Å². The first-order chi connectivity index (χ1) is 7.72. The summed E-state index contributed by atoms with van der Waals surface area (Å²) in [6.07, 6.45) is 2.35. The summed E-state index contributed by atoms with van der Waals surface area (Å²) in [5.74, 6) is 5.86. The number of hydrogen-bond acceptors (Lipinski definition) is 4. The van der Waals surface area contributed by atoms with Gasteiger partial charge in [-0.25, -0.2) is 5.84 Å². The Morgan fingerprint density at radius 2 is 2.19 bits per heavy atom. The number of nitrogens with one attached hydrogen (secondary N) is 1. The number of thioether (sulfide) groups is 1. The van der Waals surface area contributed by atoms with Crippen molar-refractivity contribution in [1.82, 2.24) is 5.43 Å². The number of rotatable bonds is 6. The van der Waals surface area contributed by atoms with Crippen molar-refractivity contribution in [3.63, 3.8) is 0 Å². The minimum Gasteiger partial charge on any atom is -0.399 e. The van der Waals surface area contributed by atoms with Crippen molar-refractivity contribution in [2.24, 2.45) is 5.84 Å². The Labute approximate surface area is 99.7 Å². The van der Waals surface area contributed by atoms with Crippen LogP contribution in [0.2, 0.25) is 0 Å². The highest BCUT2D eigenvalue weighted by molar-refractivity contribution is 7.99. The van der Waals surface area contributed by atoms with E-state index in [0.29, 0.717) is 6.42 Å². The third-order valence-electron chi connectivity index (χ3n) is 2.09. The molecule has 0 unspecified atom stereocenters. The molecule has 0 heterocycles. The lowest BCUT2D eigenvalue weighted by Gasteiger charge is -2.02. The molecule has 5 N–H and O–H groups in total. The quantitative estimate of drug-likeness (QED) is 0.176. The molecule has 16 heavy (non-hydrogen) atoms. The monoisotopic (exact) mass is 239 g/mol. The SMILES string of the molecule is NNC(=O)CCCCSc1cccc(N)c1. The van der Waals surface area contributed by atoms with Crippen LogP contribution in [0.4, 0.5) is 5.69 Å². The van der Waals surface area contributed by atoms with E-state index < -0.39 is 0 Å². The fourth-order valence-corrected chi connectivity index (χ4v) is 2.23. The zero-order valence-electron chi connectivity index (χ0n) is 9.11. The van der Waals surface area contributed by atoms with Gasteiger partial charge in [-0.15, -0.1) is 11.8 Å². The van der Waals surface area contributed by atoms with Gasteiger partial charge in [-0.1, -0.05) is 6.07 Å². The summed E-state index contributed by atoms with van der Waals surface area (Å²) in [7, 11) is 0. The molecular weight excluding hydrogens is 222 g/mol. The van der Waals surface area contributed by atoms with Crippen molar-refractivity contribution in [2.75, 3.05) is 11.5 Å². The molecule has 0 aliphatic heterocycles. The highest BCUT2D eigenvalue weighted by Gasteiger charge is 1.98. The molecule has 0 saturated carbocycles. The summed E-state index contributed by atoms with van der Waals surface area (Å²) in [5.41, 5.74) is 8.57. The Hall–Kier alpha value is -1.20. The first-order valence-corrected chi connectivity index (χ1v) is 6.18. The van der Waals surface area contributed by atoms with Gasteiger partial charge in [-0.3, -0.25) is 10.2 Å². The predicted octanol–water partition coefficient (Wildman–Crippen LogP) is 1.52. The predicted molar refractivity (Wildman–Crippen MR) is 67.8 cm³/mol. The van der Waals surface area contributed by atoms with Gasteiger partial charge >= 0.3 is 0 Å². The van der Waals surface area contributed by atoms with E-state index in [1.54, 1.807) is 11.8 Å². The molecule has 0 aliphatic carbocycles. The van der Waals surface area contributed by atoms with Gasteiger partial charge in [0.25, 0.3) is 0 Å². The lowest BCUT2D eigenvalue weighted by Crippen LogP contribution is -2.29. The first-order valence-electron chi connectivity index (χ1n) is 5.20. The van der Waals surface area contributed by atoms with Gasteiger partial charge in [0.1, 0.15) is 0 Å². The lowest BCUT2D eigenvalue weighted by molar-refractivity contribution is -0.121. The van der Waals surface area contributed by atoms with E-state index in [1.807, 2.05) is 24.3 Å². The Bertz CT molecular complexity index is 344. The van der Waals surface area contributed by atoms with E-state index in [9.17, 15) is 4.79 Å². The average Bonchev–Trinajstić information content (AvgIpc) is 2.28. The van der Waals surface area contributed by atoms with Crippen LogP contribution in [0.1, 0.15) is 19.3 Å². The first kappa shape index (κ1) is 12.9. The van der Waals surface area contributed by atoms with Crippen molar-refractivity contribution in [1.29, 1.82) is 0 Å². The maximum Gasteiger partial charge on any atom is 0.233 e. The lowest BCUT2D eigenvalue weighted by atomic mass is 10.2. The number of nitrogen functional groups attached to an aromatic ring is 1. The van der Waals surface area contributed by atoms with Crippen LogP contribution in [0.3, 0.4) is 0 Å². The molecule has 0 fully saturated rings. The smallest absolute Gasteiger partial charge is 0.233 e. The Balaban J connectivity index is 2.14. The van der Waals surface area contributed by atoms with Crippen LogP contribution in [0.25, 0.3) is 0 Å². The van der Waals surface area contributed by atoms with E-state index in [4.69, 9.17) is 11.6 Å². The summed E-state index contributed by atoms with van der Waals surface area (Å²) in [5, 5.41) is 0. The molecule has 1 amide bonds. The summed E-state index contributed by atoms with van der Waals surface area (Å²) in [6, 6.07) is 7.81. The van der Waals surface area contributed by atoms with E-state index >= 15 is 0 Å². The maximum absolute atomic E-state index is 10.8.